The Morgan fingerprint density at radius 2 is 1.61 bits per heavy atom. The number of aliphatic hydroxyl groups excluding tert-OH is 1. The van der Waals surface area contributed by atoms with Crippen LogP contribution in [0.3, 0.4) is 0 Å². The molecule has 0 bridgehead atoms. The predicted molar refractivity (Wildman–Crippen MR) is 98.8 cm³/mol. The van der Waals surface area contributed by atoms with Crippen molar-refractivity contribution in [2.45, 2.75) is 45.6 Å². The van der Waals surface area contributed by atoms with Gasteiger partial charge in [0.25, 0.3) is 0 Å². The third-order valence-electron chi connectivity index (χ3n) is 6.56. The van der Waals surface area contributed by atoms with Gasteiger partial charge in [-0.1, -0.05) is 20.3 Å². The van der Waals surface area contributed by atoms with Crippen LogP contribution in [0.25, 0.3) is 0 Å². The highest BCUT2D eigenvalue weighted by Gasteiger charge is 2.42. The average molecular weight is 346 g/mol. The van der Waals surface area contributed by atoms with Gasteiger partial charge in [-0.15, -0.1) is 11.6 Å². The second kappa shape index (κ2) is 8.51. The lowest BCUT2D eigenvalue weighted by molar-refractivity contribution is -0.903. The predicted octanol–water partition coefficient (Wildman–Crippen LogP) is 3.06. The number of hydrogen-bond donors (Lipinski definition) is 1. The Morgan fingerprint density at radius 3 is 2.22 bits per heavy atom. The zero-order valence-electron chi connectivity index (χ0n) is 15.7. The molecule has 0 aromatic rings. The van der Waals surface area contributed by atoms with Crippen LogP contribution in [0.5, 0.6) is 0 Å². The Balaban J connectivity index is 1.88. The van der Waals surface area contributed by atoms with E-state index in [0.717, 1.165) is 34.7 Å². The van der Waals surface area contributed by atoms with E-state index < -0.39 is 0 Å². The van der Waals surface area contributed by atoms with Crippen LogP contribution in [0.4, 0.5) is 0 Å². The summed E-state index contributed by atoms with van der Waals surface area (Å²) in [4.78, 5) is 2.52. The summed E-state index contributed by atoms with van der Waals surface area (Å²) in [6, 6.07) is 0. The molecule has 2 heterocycles. The van der Waals surface area contributed by atoms with Gasteiger partial charge in [0.05, 0.1) is 26.0 Å². The second-order valence-electron chi connectivity index (χ2n) is 8.63. The van der Waals surface area contributed by atoms with E-state index in [1.807, 2.05) is 0 Å². The summed E-state index contributed by atoms with van der Waals surface area (Å²) >= 11 is 5.83. The largest absolute Gasteiger partial charge is 0.386 e. The summed E-state index contributed by atoms with van der Waals surface area (Å²) in [6.07, 6.45) is 5.01. The summed E-state index contributed by atoms with van der Waals surface area (Å²) in [6.45, 7) is 10.5. The van der Waals surface area contributed by atoms with Crippen molar-refractivity contribution in [3.8, 4) is 0 Å². The van der Waals surface area contributed by atoms with E-state index >= 15 is 0 Å². The molecule has 6 atom stereocenters. The molecular weight excluding hydrogens is 308 g/mol. The molecule has 0 spiro atoms. The molecule has 0 saturated carbocycles. The Hall–Kier alpha value is 0.170. The molecule has 4 heteroatoms. The van der Waals surface area contributed by atoms with Crippen molar-refractivity contribution in [1.82, 2.24) is 4.90 Å². The van der Waals surface area contributed by atoms with Gasteiger partial charge in [-0.05, 0) is 38.1 Å². The first-order valence-corrected chi connectivity index (χ1v) is 10.2. The molecule has 2 fully saturated rings. The zero-order valence-corrected chi connectivity index (χ0v) is 16.4. The molecule has 0 aromatic heterocycles. The minimum absolute atomic E-state index is 0.356. The fraction of sp³-hybridized carbons (Fsp3) is 1.00. The summed E-state index contributed by atoms with van der Waals surface area (Å²) < 4.78 is 1.01. The van der Waals surface area contributed by atoms with Crippen molar-refractivity contribution >= 4 is 11.6 Å². The molecule has 23 heavy (non-hydrogen) atoms. The maximum Gasteiger partial charge on any atom is 0.116 e. The van der Waals surface area contributed by atoms with Crippen LogP contribution in [0.2, 0.25) is 0 Å². The normalized spacial score (nSPS) is 39.9. The molecular formula is C19H38ClN2O+. The van der Waals surface area contributed by atoms with Gasteiger partial charge in [-0.25, -0.2) is 0 Å². The van der Waals surface area contributed by atoms with Gasteiger partial charge in [0.2, 0.25) is 0 Å². The van der Waals surface area contributed by atoms with Crippen molar-refractivity contribution in [1.29, 1.82) is 0 Å². The fourth-order valence-corrected chi connectivity index (χ4v) is 5.49. The molecule has 0 aromatic carbocycles. The maximum absolute atomic E-state index is 9.97. The molecule has 0 aliphatic carbocycles. The smallest absolute Gasteiger partial charge is 0.116 e. The van der Waals surface area contributed by atoms with Gasteiger partial charge in [-0.3, -0.25) is 0 Å². The van der Waals surface area contributed by atoms with Crippen LogP contribution in [0.1, 0.15) is 39.5 Å². The first-order chi connectivity index (χ1) is 10.9. The lowest BCUT2D eigenvalue weighted by Gasteiger charge is -2.31. The number of quaternary nitrogens is 1. The summed E-state index contributed by atoms with van der Waals surface area (Å²) in [7, 11) is 4.59. The van der Waals surface area contributed by atoms with E-state index in [-0.39, 0.29) is 6.10 Å². The van der Waals surface area contributed by atoms with Crippen LogP contribution >= 0.6 is 11.6 Å². The first-order valence-electron chi connectivity index (χ1n) is 9.66. The number of rotatable bonds is 8. The highest BCUT2D eigenvalue weighted by atomic mass is 35.5. The highest BCUT2D eigenvalue weighted by molar-refractivity contribution is 6.18. The van der Waals surface area contributed by atoms with E-state index in [2.05, 4.69) is 32.8 Å². The number of alkyl halides is 1. The van der Waals surface area contributed by atoms with Gasteiger partial charge in [0.1, 0.15) is 12.6 Å². The molecule has 6 unspecified atom stereocenters. The molecule has 3 nitrogen and oxygen atoms in total. The second-order valence-corrected chi connectivity index (χ2v) is 8.94. The quantitative estimate of drug-likeness (QED) is 0.540. The molecule has 2 rings (SSSR count). The van der Waals surface area contributed by atoms with Gasteiger partial charge >= 0.3 is 0 Å². The van der Waals surface area contributed by atoms with Crippen LogP contribution in [0.15, 0.2) is 0 Å². The SMILES string of the molecule is CCC1CN(C)CC1CCC1C[N+](C)(CC(O)CCl)CC1CC. The van der Waals surface area contributed by atoms with Crippen molar-refractivity contribution in [2.75, 3.05) is 52.7 Å². The minimum Gasteiger partial charge on any atom is -0.386 e. The Labute approximate surface area is 148 Å². The van der Waals surface area contributed by atoms with E-state index in [9.17, 15) is 5.11 Å². The highest BCUT2D eigenvalue weighted by Crippen LogP contribution is 2.37. The third-order valence-corrected chi connectivity index (χ3v) is 6.92. The Kier molecular flexibility index (Phi) is 7.21. The van der Waals surface area contributed by atoms with Crippen LogP contribution < -0.4 is 0 Å². The summed E-state index contributed by atoms with van der Waals surface area (Å²) in [5.74, 6) is 3.82. The standard InChI is InChI=1S/C19H38ClN2O/c1-5-15-10-21(3)11-17(15)7-8-18-13-22(4,12-16(18)6-2)14-19(23)9-20/h15-19,23H,5-14H2,1-4H3/q+1. The number of hydrogen-bond acceptors (Lipinski definition) is 2. The summed E-state index contributed by atoms with van der Waals surface area (Å²) in [5.41, 5.74) is 0. The minimum atomic E-state index is -0.356. The number of likely N-dealkylation sites (N-methyl/N-ethyl adjacent to an activating group) is 1. The Morgan fingerprint density at radius 1 is 1.04 bits per heavy atom. The van der Waals surface area contributed by atoms with Crippen molar-refractivity contribution in [2.24, 2.45) is 23.7 Å². The van der Waals surface area contributed by atoms with E-state index in [0.29, 0.717) is 5.88 Å². The average Bonchev–Trinajstić information content (AvgIpc) is 3.04. The van der Waals surface area contributed by atoms with E-state index in [1.165, 1.54) is 51.9 Å². The number of aliphatic hydroxyl groups is 1. The molecule has 2 saturated heterocycles. The number of likely N-dealkylation sites (tertiary alicyclic amines) is 2. The molecule has 2 aliphatic heterocycles. The van der Waals surface area contributed by atoms with Gasteiger partial charge in [0, 0.05) is 24.9 Å². The van der Waals surface area contributed by atoms with E-state index in [4.69, 9.17) is 11.6 Å². The van der Waals surface area contributed by atoms with Crippen molar-refractivity contribution in [3.05, 3.63) is 0 Å². The number of halogens is 1. The number of nitrogens with zero attached hydrogens (tertiary/aromatic N) is 2. The Bertz CT molecular complexity index is 367. The third kappa shape index (κ3) is 5.07. The van der Waals surface area contributed by atoms with Crippen LogP contribution in [0, 0.1) is 23.7 Å². The van der Waals surface area contributed by atoms with Gasteiger partial charge in [0.15, 0.2) is 0 Å². The lowest BCUT2D eigenvalue weighted by Crippen LogP contribution is -2.47. The maximum atomic E-state index is 9.97. The van der Waals surface area contributed by atoms with Crippen molar-refractivity contribution < 1.29 is 9.59 Å². The van der Waals surface area contributed by atoms with Crippen molar-refractivity contribution in [3.63, 3.8) is 0 Å². The summed E-state index contributed by atoms with van der Waals surface area (Å²) in [5, 5.41) is 9.97. The molecule has 2 aliphatic rings. The zero-order chi connectivity index (χ0) is 17.0. The lowest BCUT2D eigenvalue weighted by atomic mass is 9.83. The van der Waals surface area contributed by atoms with Crippen LogP contribution in [-0.4, -0.2) is 73.3 Å². The van der Waals surface area contributed by atoms with Gasteiger partial charge < -0.3 is 14.5 Å². The molecule has 0 amide bonds. The molecule has 1 N–H and O–H groups in total. The fourth-order valence-electron chi connectivity index (χ4n) is 5.39. The first kappa shape index (κ1) is 19.5. The van der Waals surface area contributed by atoms with Crippen LogP contribution in [-0.2, 0) is 0 Å². The van der Waals surface area contributed by atoms with E-state index in [1.54, 1.807) is 0 Å². The topological polar surface area (TPSA) is 23.5 Å². The molecule has 0 radical (unpaired) electrons. The molecule has 136 valence electrons. The monoisotopic (exact) mass is 345 g/mol. The van der Waals surface area contributed by atoms with Gasteiger partial charge in [-0.2, -0.15) is 0 Å².